The highest BCUT2D eigenvalue weighted by Gasteiger charge is 2.23. The third kappa shape index (κ3) is 3.96. The van der Waals surface area contributed by atoms with Gasteiger partial charge in [0.1, 0.15) is 18.2 Å². The lowest BCUT2D eigenvalue weighted by Gasteiger charge is -2.17. The molecule has 3 rings (SSSR count). The van der Waals surface area contributed by atoms with Gasteiger partial charge in [0, 0.05) is 12.2 Å². The fourth-order valence-electron chi connectivity index (χ4n) is 2.73. The van der Waals surface area contributed by atoms with Gasteiger partial charge in [0.25, 0.3) is 5.91 Å². The van der Waals surface area contributed by atoms with Crippen LogP contribution in [0.3, 0.4) is 0 Å². The van der Waals surface area contributed by atoms with Crippen molar-refractivity contribution < 1.29 is 18.7 Å². The smallest absolute Gasteiger partial charge is 0.257 e. The van der Waals surface area contributed by atoms with E-state index in [1.807, 2.05) is 6.92 Å². The Bertz CT molecular complexity index is 790. The third-order valence-electron chi connectivity index (χ3n) is 4.06. The number of carbonyl (C=O) groups is 2. The first-order valence-electron chi connectivity index (χ1n) is 8.17. The van der Waals surface area contributed by atoms with Crippen molar-refractivity contribution in [2.75, 3.05) is 25.0 Å². The molecular weight excluding hydrogens is 323 g/mol. The number of likely N-dealkylation sites (N-methyl/N-ethyl adjacent to an activating group) is 1. The van der Waals surface area contributed by atoms with E-state index in [1.165, 1.54) is 12.1 Å². The molecule has 25 heavy (non-hydrogen) atoms. The summed E-state index contributed by atoms with van der Waals surface area (Å²) in [7, 11) is 0. The molecule has 1 aliphatic rings. The van der Waals surface area contributed by atoms with Gasteiger partial charge in [-0.25, -0.2) is 4.39 Å². The second-order valence-corrected chi connectivity index (χ2v) is 5.80. The molecule has 130 valence electrons. The number of hydrogen-bond donors (Lipinski definition) is 1. The second kappa shape index (κ2) is 7.34. The van der Waals surface area contributed by atoms with Gasteiger partial charge in [-0.15, -0.1) is 0 Å². The molecule has 0 aliphatic carbocycles. The van der Waals surface area contributed by atoms with E-state index < -0.39 is 0 Å². The Labute approximate surface area is 145 Å². The van der Waals surface area contributed by atoms with Crippen LogP contribution in [-0.2, 0) is 11.2 Å². The van der Waals surface area contributed by atoms with Gasteiger partial charge in [-0.1, -0.05) is 12.1 Å². The summed E-state index contributed by atoms with van der Waals surface area (Å²) >= 11 is 0. The van der Waals surface area contributed by atoms with Crippen LogP contribution in [0.15, 0.2) is 42.5 Å². The van der Waals surface area contributed by atoms with Crippen molar-refractivity contribution in [3.8, 4) is 5.75 Å². The zero-order chi connectivity index (χ0) is 17.8. The zero-order valence-electron chi connectivity index (χ0n) is 13.9. The van der Waals surface area contributed by atoms with Crippen LogP contribution in [-0.4, -0.2) is 36.4 Å². The first-order chi connectivity index (χ1) is 12.1. The molecule has 1 heterocycles. The summed E-state index contributed by atoms with van der Waals surface area (Å²) < 4.78 is 18.5. The van der Waals surface area contributed by atoms with E-state index in [0.717, 1.165) is 0 Å². The van der Waals surface area contributed by atoms with E-state index in [0.29, 0.717) is 42.3 Å². The van der Waals surface area contributed by atoms with Gasteiger partial charge in [0.05, 0.1) is 18.5 Å². The van der Waals surface area contributed by atoms with Crippen LogP contribution in [0.5, 0.6) is 5.75 Å². The van der Waals surface area contributed by atoms with Crippen LogP contribution in [0.1, 0.15) is 22.8 Å². The number of ether oxygens (including phenoxy) is 1. The van der Waals surface area contributed by atoms with Crippen molar-refractivity contribution in [2.45, 2.75) is 13.3 Å². The average Bonchev–Trinajstić information content (AvgIpc) is 2.76. The standard InChI is InChI=1S/C19H19FN2O3/c1-2-22-9-10-25-17-8-7-15(12-16(17)19(22)24)21-18(23)11-13-3-5-14(20)6-4-13/h3-8,12H,2,9-11H2,1H3,(H,21,23). The average molecular weight is 342 g/mol. The van der Waals surface area contributed by atoms with E-state index in [1.54, 1.807) is 35.2 Å². The van der Waals surface area contributed by atoms with E-state index in [9.17, 15) is 14.0 Å². The Morgan fingerprint density at radius 3 is 2.72 bits per heavy atom. The molecule has 2 amide bonds. The predicted molar refractivity (Wildman–Crippen MR) is 92.2 cm³/mol. The van der Waals surface area contributed by atoms with Crippen molar-refractivity contribution in [1.29, 1.82) is 0 Å². The quantitative estimate of drug-likeness (QED) is 0.929. The molecule has 6 heteroatoms. The topological polar surface area (TPSA) is 58.6 Å². The van der Waals surface area contributed by atoms with E-state index in [-0.39, 0.29) is 24.1 Å². The summed E-state index contributed by atoms with van der Waals surface area (Å²) in [5.74, 6) is -0.156. The summed E-state index contributed by atoms with van der Waals surface area (Å²) in [6.07, 6.45) is 0.128. The highest BCUT2D eigenvalue weighted by molar-refractivity contribution is 6.00. The normalized spacial score (nSPS) is 13.7. The summed E-state index contributed by atoms with van der Waals surface area (Å²) in [6.45, 7) is 3.50. The van der Waals surface area contributed by atoms with Crippen LogP contribution >= 0.6 is 0 Å². The maximum atomic E-state index is 12.9. The molecular formula is C19H19FN2O3. The van der Waals surface area contributed by atoms with Crippen molar-refractivity contribution in [3.05, 3.63) is 59.4 Å². The number of rotatable bonds is 4. The molecule has 5 nitrogen and oxygen atoms in total. The number of hydrogen-bond acceptors (Lipinski definition) is 3. The first kappa shape index (κ1) is 17.0. The Balaban J connectivity index is 1.74. The molecule has 1 N–H and O–H groups in total. The first-order valence-corrected chi connectivity index (χ1v) is 8.17. The molecule has 0 radical (unpaired) electrons. The fraction of sp³-hybridized carbons (Fsp3) is 0.263. The summed E-state index contributed by atoms with van der Waals surface area (Å²) in [5.41, 5.74) is 1.69. The fourth-order valence-corrected chi connectivity index (χ4v) is 2.73. The minimum absolute atomic E-state index is 0.107. The van der Waals surface area contributed by atoms with Gasteiger partial charge >= 0.3 is 0 Å². The van der Waals surface area contributed by atoms with E-state index in [4.69, 9.17) is 4.74 Å². The lowest BCUT2D eigenvalue weighted by molar-refractivity contribution is -0.115. The molecule has 0 saturated heterocycles. The molecule has 0 bridgehead atoms. The molecule has 2 aromatic carbocycles. The third-order valence-corrected chi connectivity index (χ3v) is 4.06. The number of nitrogens with one attached hydrogen (secondary N) is 1. The van der Waals surface area contributed by atoms with Crippen LogP contribution in [0.4, 0.5) is 10.1 Å². The highest BCUT2D eigenvalue weighted by Crippen LogP contribution is 2.26. The molecule has 0 atom stereocenters. The van der Waals surface area contributed by atoms with Crippen molar-refractivity contribution in [3.63, 3.8) is 0 Å². The molecule has 0 saturated carbocycles. The Kier molecular flexibility index (Phi) is 4.97. The van der Waals surface area contributed by atoms with Crippen LogP contribution in [0.25, 0.3) is 0 Å². The van der Waals surface area contributed by atoms with Gasteiger partial charge < -0.3 is 15.0 Å². The predicted octanol–water partition coefficient (Wildman–Crippen LogP) is 2.86. The second-order valence-electron chi connectivity index (χ2n) is 5.80. The number of halogens is 1. The van der Waals surface area contributed by atoms with Gasteiger partial charge in [0.2, 0.25) is 5.91 Å². The highest BCUT2D eigenvalue weighted by atomic mass is 19.1. The molecule has 2 aromatic rings. The number of benzene rings is 2. The van der Waals surface area contributed by atoms with E-state index in [2.05, 4.69) is 5.32 Å². The maximum absolute atomic E-state index is 12.9. The molecule has 0 fully saturated rings. The van der Waals surface area contributed by atoms with Crippen LogP contribution in [0, 0.1) is 5.82 Å². The van der Waals surface area contributed by atoms with Gasteiger partial charge in [-0.2, -0.15) is 0 Å². The Morgan fingerprint density at radius 2 is 2.00 bits per heavy atom. The Morgan fingerprint density at radius 1 is 1.24 bits per heavy atom. The summed E-state index contributed by atoms with van der Waals surface area (Å²) in [4.78, 5) is 26.4. The lowest BCUT2D eigenvalue weighted by Crippen LogP contribution is -2.32. The minimum atomic E-state index is -0.339. The molecule has 0 spiro atoms. The molecule has 0 aromatic heterocycles. The molecule has 0 unspecified atom stereocenters. The zero-order valence-corrected chi connectivity index (χ0v) is 13.9. The number of nitrogens with zero attached hydrogens (tertiary/aromatic N) is 1. The lowest BCUT2D eigenvalue weighted by atomic mass is 10.1. The number of carbonyl (C=O) groups excluding carboxylic acids is 2. The summed E-state index contributed by atoms with van der Waals surface area (Å²) in [5, 5.41) is 2.77. The van der Waals surface area contributed by atoms with Gasteiger partial charge in [-0.05, 0) is 42.8 Å². The van der Waals surface area contributed by atoms with Crippen molar-refractivity contribution in [2.24, 2.45) is 0 Å². The minimum Gasteiger partial charge on any atom is -0.491 e. The van der Waals surface area contributed by atoms with Gasteiger partial charge in [-0.3, -0.25) is 9.59 Å². The number of fused-ring (bicyclic) bond motifs is 1. The SMILES string of the molecule is CCN1CCOc2ccc(NC(=O)Cc3ccc(F)cc3)cc2C1=O. The van der Waals surface area contributed by atoms with E-state index >= 15 is 0 Å². The number of anilines is 1. The van der Waals surface area contributed by atoms with Gasteiger partial charge in [0.15, 0.2) is 0 Å². The maximum Gasteiger partial charge on any atom is 0.257 e. The van der Waals surface area contributed by atoms with Crippen molar-refractivity contribution in [1.82, 2.24) is 4.90 Å². The van der Waals surface area contributed by atoms with Crippen LogP contribution < -0.4 is 10.1 Å². The largest absolute Gasteiger partial charge is 0.491 e. The monoisotopic (exact) mass is 342 g/mol. The number of amides is 2. The van der Waals surface area contributed by atoms with Crippen LogP contribution in [0.2, 0.25) is 0 Å². The molecule has 1 aliphatic heterocycles. The Hall–Kier alpha value is -2.89. The van der Waals surface area contributed by atoms with Crippen molar-refractivity contribution >= 4 is 17.5 Å². The summed E-state index contributed by atoms with van der Waals surface area (Å²) in [6, 6.07) is 10.8.